The van der Waals surface area contributed by atoms with Gasteiger partial charge in [0.05, 0.1) is 12.3 Å². The van der Waals surface area contributed by atoms with E-state index < -0.39 is 6.10 Å². The van der Waals surface area contributed by atoms with E-state index in [0.29, 0.717) is 12.6 Å². The molecule has 0 aliphatic heterocycles. The Morgan fingerprint density at radius 3 is 3.00 bits per heavy atom. The summed E-state index contributed by atoms with van der Waals surface area (Å²) in [5, 5.41) is 20.3. The van der Waals surface area contributed by atoms with Gasteiger partial charge in [-0.1, -0.05) is 0 Å². The molecule has 1 unspecified atom stereocenters. The number of aliphatic hydroxyl groups is 1. The maximum atomic E-state index is 9.93. The van der Waals surface area contributed by atoms with Crippen molar-refractivity contribution in [3.8, 4) is 0 Å². The van der Waals surface area contributed by atoms with E-state index in [1.807, 2.05) is 13.2 Å². The number of aliphatic imine (C=N–C) groups is 1. The van der Waals surface area contributed by atoms with Crippen molar-refractivity contribution < 1.29 is 5.11 Å². The van der Waals surface area contributed by atoms with E-state index in [2.05, 4.69) is 20.7 Å². The lowest BCUT2D eigenvalue weighted by molar-refractivity contribution is 0.180. The molecular formula is C11H19N5O. The summed E-state index contributed by atoms with van der Waals surface area (Å²) in [5.74, 6) is 0.746. The first-order valence-corrected chi connectivity index (χ1v) is 5.83. The monoisotopic (exact) mass is 237 g/mol. The molecule has 0 amide bonds. The number of aryl methyl sites for hydroxylation is 1. The SMILES string of the molecule is CN=C(NCC(O)c1cnn(C)c1)NC1CC1. The number of aliphatic hydroxyl groups excluding tert-OH is 1. The number of aromatic nitrogens is 2. The maximum Gasteiger partial charge on any atom is 0.191 e. The largest absolute Gasteiger partial charge is 0.386 e. The molecule has 1 saturated carbocycles. The lowest BCUT2D eigenvalue weighted by atomic mass is 10.2. The Balaban J connectivity index is 1.80. The fraction of sp³-hybridized carbons (Fsp3) is 0.636. The van der Waals surface area contributed by atoms with Gasteiger partial charge in [0.2, 0.25) is 0 Å². The van der Waals surface area contributed by atoms with Gasteiger partial charge in [0.25, 0.3) is 0 Å². The van der Waals surface area contributed by atoms with E-state index in [0.717, 1.165) is 11.5 Å². The number of nitrogens with one attached hydrogen (secondary N) is 2. The zero-order chi connectivity index (χ0) is 12.3. The van der Waals surface area contributed by atoms with Crippen molar-refractivity contribution in [1.82, 2.24) is 20.4 Å². The molecule has 0 radical (unpaired) electrons. The molecule has 3 N–H and O–H groups in total. The van der Waals surface area contributed by atoms with Crippen LogP contribution in [0.15, 0.2) is 17.4 Å². The molecular weight excluding hydrogens is 218 g/mol. The van der Waals surface area contributed by atoms with Gasteiger partial charge in [0, 0.05) is 38.4 Å². The maximum absolute atomic E-state index is 9.93. The van der Waals surface area contributed by atoms with Crippen LogP contribution in [0.3, 0.4) is 0 Å². The number of guanidine groups is 1. The smallest absolute Gasteiger partial charge is 0.191 e. The third kappa shape index (κ3) is 3.45. The molecule has 6 nitrogen and oxygen atoms in total. The summed E-state index contributed by atoms with van der Waals surface area (Å²) in [6.45, 7) is 0.429. The second-order valence-corrected chi connectivity index (χ2v) is 4.33. The molecule has 94 valence electrons. The number of hydrogen-bond acceptors (Lipinski definition) is 3. The van der Waals surface area contributed by atoms with Gasteiger partial charge in [0.1, 0.15) is 0 Å². The topological polar surface area (TPSA) is 74.5 Å². The first kappa shape index (κ1) is 11.9. The molecule has 1 heterocycles. The average Bonchev–Trinajstić information content (AvgIpc) is 3.04. The Labute approximate surface area is 101 Å². The van der Waals surface area contributed by atoms with Crippen molar-refractivity contribution in [3.63, 3.8) is 0 Å². The van der Waals surface area contributed by atoms with Gasteiger partial charge in [-0.3, -0.25) is 9.67 Å². The Morgan fingerprint density at radius 1 is 1.71 bits per heavy atom. The molecule has 1 aliphatic carbocycles. The normalized spacial score (nSPS) is 17.9. The summed E-state index contributed by atoms with van der Waals surface area (Å²) in [5.41, 5.74) is 0.807. The number of rotatable bonds is 4. The Morgan fingerprint density at radius 2 is 2.47 bits per heavy atom. The van der Waals surface area contributed by atoms with Crippen molar-refractivity contribution in [1.29, 1.82) is 0 Å². The predicted molar refractivity (Wildman–Crippen MR) is 65.7 cm³/mol. The summed E-state index contributed by atoms with van der Waals surface area (Å²) in [7, 11) is 3.56. The molecule has 17 heavy (non-hydrogen) atoms. The summed E-state index contributed by atoms with van der Waals surface area (Å²) in [4.78, 5) is 4.10. The van der Waals surface area contributed by atoms with E-state index >= 15 is 0 Å². The summed E-state index contributed by atoms with van der Waals surface area (Å²) < 4.78 is 1.68. The molecule has 0 aromatic carbocycles. The number of hydrogen-bond donors (Lipinski definition) is 3. The minimum Gasteiger partial charge on any atom is -0.386 e. The molecule has 1 fully saturated rings. The van der Waals surface area contributed by atoms with Crippen LogP contribution in [0, 0.1) is 0 Å². The van der Waals surface area contributed by atoms with E-state index in [1.165, 1.54) is 12.8 Å². The summed E-state index contributed by atoms with van der Waals surface area (Å²) >= 11 is 0. The van der Waals surface area contributed by atoms with Crippen LogP contribution in [0.2, 0.25) is 0 Å². The molecule has 1 aliphatic rings. The van der Waals surface area contributed by atoms with Crippen LogP contribution in [0.4, 0.5) is 0 Å². The van der Waals surface area contributed by atoms with E-state index in [4.69, 9.17) is 0 Å². The Hall–Kier alpha value is -1.56. The molecule has 0 spiro atoms. The van der Waals surface area contributed by atoms with Crippen molar-refractivity contribution in [2.75, 3.05) is 13.6 Å². The summed E-state index contributed by atoms with van der Waals surface area (Å²) in [6, 6.07) is 0.553. The van der Waals surface area contributed by atoms with Gasteiger partial charge in [0.15, 0.2) is 5.96 Å². The van der Waals surface area contributed by atoms with Crippen LogP contribution in [-0.4, -0.2) is 40.5 Å². The molecule has 6 heteroatoms. The van der Waals surface area contributed by atoms with Crippen LogP contribution in [0.1, 0.15) is 24.5 Å². The van der Waals surface area contributed by atoms with Gasteiger partial charge >= 0.3 is 0 Å². The second-order valence-electron chi connectivity index (χ2n) is 4.33. The van der Waals surface area contributed by atoms with Crippen LogP contribution in [0.5, 0.6) is 0 Å². The minimum atomic E-state index is -0.568. The highest BCUT2D eigenvalue weighted by Gasteiger charge is 2.22. The lowest BCUT2D eigenvalue weighted by Crippen LogP contribution is -2.40. The molecule has 1 atom stereocenters. The highest BCUT2D eigenvalue weighted by molar-refractivity contribution is 5.80. The van der Waals surface area contributed by atoms with Gasteiger partial charge < -0.3 is 15.7 Å². The van der Waals surface area contributed by atoms with Crippen molar-refractivity contribution in [2.24, 2.45) is 12.0 Å². The first-order chi connectivity index (χ1) is 8.19. The van der Waals surface area contributed by atoms with Crippen LogP contribution in [-0.2, 0) is 7.05 Å². The van der Waals surface area contributed by atoms with E-state index in [9.17, 15) is 5.11 Å². The quantitative estimate of drug-likeness (QED) is 0.500. The van der Waals surface area contributed by atoms with Gasteiger partial charge in [-0.15, -0.1) is 0 Å². The third-order valence-electron chi connectivity index (χ3n) is 2.71. The first-order valence-electron chi connectivity index (χ1n) is 5.83. The molecule has 1 aromatic rings. The molecule has 2 rings (SSSR count). The van der Waals surface area contributed by atoms with Crippen LogP contribution >= 0.6 is 0 Å². The predicted octanol–water partition coefficient (Wildman–Crippen LogP) is -0.219. The van der Waals surface area contributed by atoms with E-state index in [1.54, 1.807) is 17.9 Å². The third-order valence-corrected chi connectivity index (χ3v) is 2.71. The Bertz CT molecular complexity index is 396. The van der Waals surface area contributed by atoms with Gasteiger partial charge in [-0.2, -0.15) is 5.10 Å². The molecule has 1 aromatic heterocycles. The van der Waals surface area contributed by atoms with Crippen molar-refractivity contribution in [3.05, 3.63) is 18.0 Å². The van der Waals surface area contributed by atoms with Crippen LogP contribution < -0.4 is 10.6 Å². The molecule has 0 bridgehead atoms. The minimum absolute atomic E-state index is 0.429. The lowest BCUT2D eigenvalue weighted by Gasteiger charge is -2.14. The van der Waals surface area contributed by atoms with Crippen molar-refractivity contribution in [2.45, 2.75) is 25.0 Å². The van der Waals surface area contributed by atoms with Gasteiger partial charge in [-0.05, 0) is 12.8 Å². The average molecular weight is 237 g/mol. The fourth-order valence-corrected chi connectivity index (χ4v) is 1.54. The number of nitrogens with zero attached hydrogens (tertiary/aromatic N) is 3. The fourth-order valence-electron chi connectivity index (χ4n) is 1.54. The Kier molecular flexibility index (Phi) is 3.63. The van der Waals surface area contributed by atoms with Crippen LogP contribution in [0.25, 0.3) is 0 Å². The van der Waals surface area contributed by atoms with Gasteiger partial charge in [-0.25, -0.2) is 0 Å². The van der Waals surface area contributed by atoms with Crippen molar-refractivity contribution >= 4 is 5.96 Å². The zero-order valence-electron chi connectivity index (χ0n) is 10.2. The highest BCUT2D eigenvalue weighted by atomic mass is 16.3. The molecule has 0 saturated heterocycles. The highest BCUT2D eigenvalue weighted by Crippen LogP contribution is 2.18. The standard InChI is InChI=1S/C11H19N5O/c1-12-11(15-9-3-4-9)13-6-10(17)8-5-14-16(2)7-8/h5,7,9-10,17H,3-4,6H2,1-2H3,(H2,12,13,15). The van der Waals surface area contributed by atoms with E-state index in [-0.39, 0.29) is 0 Å². The second kappa shape index (κ2) is 5.18. The zero-order valence-corrected chi connectivity index (χ0v) is 10.2. The summed E-state index contributed by atoms with van der Waals surface area (Å²) in [6.07, 6.45) is 5.31.